The van der Waals surface area contributed by atoms with Crippen LogP contribution in [0.15, 0.2) is 52.1 Å². The fourth-order valence-electron chi connectivity index (χ4n) is 2.38. The van der Waals surface area contributed by atoms with Crippen LogP contribution in [0.4, 0.5) is 0 Å². The second-order valence-corrected chi connectivity index (χ2v) is 8.00. The summed E-state index contributed by atoms with van der Waals surface area (Å²) in [4.78, 5) is 4.06. The molecule has 0 N–H and O–H groups in total. The number of sulfonamides is 1. The molecule has 0 aliphatic carbocycles. The summed E-state index contributed by atoms with van der Waals surface area (Å²) < 4.78 is 38.7. The summed E-state index contributed by atoms with van der Waals surface area (Å²) in [5.74, 6) is 0.278. The topological polar surface area (TPSA) is 68.7 Å². The largest absolute Gasteiger partial charge is 0.486 e. The minimum Gasteiger partial charge on any atom is -0.486 e. The van der Waals surface area contributed by atoms with Crippen LogP contribution in [-0.4, -0.2) is 44.0 Å². The van der Waals surface area contributed by atoms with Crippen LogP contribution in [-0.2, 0) is 21.4 Å². The van der Waals surface area contributed by atoms with E-state index in [1.807, 2.05) is 30.3 Å². The quantitative estimate of drug-likeness (QED) is 0.754. The van der Waals surface area contributed by atoms with Crippen LogP contribution < -0.4 is 4.74 Å². The van der Waals surface area contributed by atoms with Gasteiger partial charge in [-0.2, -0.15) is 4.31 Å². The van der Waals surface area contributed by atoms with Gasteiger partial charge in [0.2, 0.25) is 10.0 Å². The lowest BCUT2D eigenvalue weighted by Gasteiger charge is -2.26. The molecule has 0 unspecified atom stereocenters. The number of rotatable bonds is 5. The van der Waals surface area contributed by atoms with Crippen molar-refractivity contribution in [3.63, 3.8) is 0 Å². The second-order valence-electron chi connectivity index (χ2n) is 5.24. The van der Waals surface area contributed by atoms with Gasteiger partial charge in [-0.1, -0.05) is 30.3 Å². The van der Waals surface area contributed by atoms with Gasteiger partial charge in [-0.3, -0.25) is 4.98 Å². The van der Waals surface area contributed by atoms with Gasteiger partial charge in [0.25, 0.3) is 0 Å². The number of benzene rings is 1. The van der Waals surface area contributed by atoms with Crippen molar-refractivity contribution in [1.29, 1.82) is 0 Å². The van der Waals surface area contributed by atoms with Gasteiger partial charge in [0.1, 0.15) is 11.5 Å². The Morgan fingerprint density at radius 2 is 1.88 bits per heavy atom. The van der Waals surface area contributed by atoms with Gasteiger partial charge in [-0.25, -0.2) is 8.42 Å². The molecule has 128 valence electrons. The molecule has 1 saturated heterocycles. The molecular formula is C16H17BrN2O4S. The van der Waals surface area contributed by atoms with Crippen LogP contribution in [0.2, 0.25) is 0 Å². The first-order chi connectivity index (χ1) is 11.6. The predicted octanol–water partition coefficient (Wildman–Crippen LogP) is 2.44. The summed E-state index contributed by atoms with van der Waals surface area (Å²) in [7, 11) is -3.68. The standard InChI is InChI=1S/C16H17BrN2O4S/c17-14-10-18-11-15(24(20,21)19-6-8-22-9-7-19)16(14)23-12-13-4-2-1-3-5-13/h1-5,10-11H,6-9,12H2. The van der Waals surface area contributed by atoms with Crippen molar-refractivity contribution in [1.82, 2.24) is 9.29 Å². The molecule has 1 aliphatic heterocycles. The van der Waals surface area contributed by atoms with E-state index in [0.29, 0.717) is 30.8 Å². The maximum atomic E-state index is 12.9. The lowest BCUT2D eigenvalue weighted by atomic mass is 10.2. The first-order valence-corrected chi connectivity index (χ1v) is 9.70. The zero-order chi connectivity index (χ0) is 17.0. The SMILES string of the molecule is O=S(=O)(c1cncc(Br)c1OCc1ccccc1)N1CCOCC1. The van der Waals surface area contributed by atoms with E-state index < -0.39 is 10.0 Å². The molecule has 2 aromatic rings. The van der Waals surface area contributed by atoms with E-state index in [0.717, 1.165) is 5.56 Å². The Kier molecular flexibility index (Phi) is 5.50. The Balaban J connectivity index is 1.89. The Hall–Kier alpha value is -1.48. The van der Waals surface area contributed by atoms with Crippen molar-refractivity contribution < 1.29 is 17.9 Å². The van der Waals surface area contributed by atoms with E-state index in [4.69, 9.17) is 9.47 Å². The summed E-state index contributed by atoms with van der Waals surface area (Å²) in [6.45, 7) is 1.71. The van der Waals surface area contributed by atoms with E-state index in [2.05, 4.69) is 20.9 Å². The van der Waals surface area contributed by atoms with Crippen molar-refractivity contribution in [2.45, 2.75) is 11.5 Å². The first-order valence-electron chi connectivity index (χ1n) is 7.47. The van der Waals surface area contributed by atoms with Gasteiger partial charge in [-0.05, 0) is 21.5 Å². The average molecular weight is 413 g/mol. The monoisotopic (exact) mass is 412 g/mol. The number of halogens is 1. The fraction of sp³-hybridized carbons (Fsp3) is 0.312. The summed E-state index contributed by atoms with van der Waals surface area (Å²) in [5.41, 5.74) is 0.955. The smallest absolute Gasteiger partial charge is 0.248 e. The third-order valence-electron chi connectivity index (χ3n) is 3.63. The van der Waals surface area contributed by atoms with E-state index in [1.165, 1.54) is 16.7 Å². The Morgan fingerprint density at radius 1 is 1.17 bits per heavy atom. The summed E-state index contributed by atoms with van der Waals surface area (Å²) in [6.07, 6.45) is 2.86. The molecule has 6 nitrogen and oxygen atoms in total. The molecule has 24 heavy (non-hydrogen) atoms. The number of hydrogen-bond donors (Lipinski definition) is 0. The highest BCUT2D eigenvalue weighted by Gasteiger charge is 2.30. The van der Waals surface area contributed by atoms with E-state index in [9.17, 15) is 8.42 Å². The molecule has 0 radical (unpaired) electrons. The molecule has 1 aromatic carbocycles. The van der Waals surface area contributed by atoms with Crippen LogP contribution in [0.1, 0.15) is 5.56 Å². The normalized spacial score (nSPS) is 16.0. The lowest BCUT2D eigenvalue weighted by molar-refractivity contribution is 0.0729. The van der Waals surface area contributed by atoms with Gasteiger partial charge in [-0.15, -0.1) is 0 Å². The summed E-state index contributed by atoms with van der Waals surface area (Å²) in [5, 5.41) is 0. The molecule has 0 bridgehead atoms. The van der Waals surface area contributed by atoms with Gasteiger partial charge in [0.15, 0.2) is 5.75 Å². The fourth-order valence-corrected chi connectivity index (χ4v) is 4.47. The van der Waals surface area contributed by atoms with E-state index in [-0.39, 0.29) is 17.3 Å². The molecule has 1 fully saturated rings. The Labute approximate surface area is 149 Å². The first kappa shape index (κ1) is 17.3. The van der Waals surface area contributed by atoms with Crippen molar-refractivity contribution in [2.24, 2.45) is 0 Å². The Morgan fingerprint density at radius 3 is 2.58 bits per heavy atom. The number of hydrogen-bond acceptors (Lipinski definition) is 5. The number of ether oxygens (including phenoxy) is 2. The van der Waals surface area contributed by atoms with Crippen LogP contribution in [0.25, 0.3) is 0 Å². The number of morpholine rings is 1. The number of aromatic nitrogens is 1. The Bertz CT molecular complexity index is 793. The molecule has 2 heterocycles. The minimum absolute atomic E-state index is 0.0645. The van der Waals surface area contributed by atoms with Crippen molar-refractivity contribution in [2.75, 3.05) is 26.3 Å². The third kappa shape index (κ3) is 3.77. The van der Waals surface area contributed by atoms with Crippen LogP contribution in [0.5, 0.6) is 5.75 Å². The number of nitrogens with zero attached hydrogens (tertiary/aromatic N) is 2. The van der Waals surface area contributed by atoms with Crippen molar-refractivity contribution in [3.8, 4) is 5.75 Å². The van der Waals surface area contributed by atoms with E-state index in [1.54, 1.807) is 0 Å². The third-order valence-corrected chi connectivity index (χ3v) is 6.09. The zero-order valence-electron chi connectivity index (χ0n) is 12.9. The highest BCUT2D eigenvalue weighted by Crippen LogP contribution is 2.34. The maximum absolute atomic E-state index is 12.9. The highest BCUT2D eigenvalue weighted by molar-refractivity contribution is 9.10. The van der Waals surface area contributed by atoms with Crippen molar-refractivity contribution >= 4 is 26.0 Å². The molecular weight excluding hydrogens is 396 g/mol. The molecule has 0 amide bonds. The molecule has 1 aliphatic rings. The molecule has 0 saturated carbocycles. The lowest BCUT2D eigenvalue weighted by Crippen LogP contribution is -2.40. The molecule has 0 spiro atoms. The van der Waals surface area contributed by atoms with Gasteiger partial charge >= 0.3 is 0 Å². The van der Waals surface area contributed by atoms with E-state index >= 15 is 0 Å². The predicted molar refractivity (Wildman–Crippen MR) is 92.3 cm³/mol. The van der Waals surface area contributed by atoms with Gasteiger partial charge in [0.05, 0.1) is 23.9 Å². The molecule has 1 aromatic heterocycles. The van der Waals surface area contributed by atoms with Crippen LogP contribution in [0, 0.1) is 0 Å². The summed E-state index contributed by atoms with van der Waals surface area (Å²) >= 11 is 3.34. The van der Waals surface area contributed by atoms with Crippen LogP contribution in [0.3, 0.4) is 0 Å². The zero-order valence-corrected chi connectivity index (χ0v) is 15.3. The van der Waals surface area contributed by atoms with Gasteiger partial charge < -0.3 is 9.47 Å². The summed E-state index contributed by atoms with van der Waals surface area (Å²) in [6, 6.07) is 9.58. The van der Waals surface area contributed by atoms with Crippen molar-refractivity contribution in [3.05, 3.63) is 52.8 Å². The minimum atomic E-state index is -3.68. The molecule has 0 atom stereocenters. The van der Waals surface area contributed by atoms with Crippen LogP contribution >= 0.6 is 15.9 Å². The molecule has 8 heteroatoms. The highest BCUT2D eigenvalue weighted by atomic mass is 79.9. The number of pyridine rings is 1. The molecule has 3 rings (SSSR count). The maximum Gasteiger partial charge on any atom is 0.248 e. The average Bonchev–Trinajstić information content (AvgIpc) is 2.62. The second kappa shape index (κ2) is 7.60. The van der Waals surface area contributed by atoms with Gasteiger partial charge in [0, 0.05) is 19.3 Å².